The molecule has 2 aromatic rings. The Morgan fingerprint density at radius 3 is 2.57 bits per heavy atom. The molecule has 0 unspecified atom stereocenters. The molecule has 1 aromatic carbocycles. The highest BCUT2D eigenvalue weighted by atomic mass is 35.5. The van der Waals surface area contributed by atoms with Crippen LogP contribution in [0.5, 0.6) is 6.01 Å². The first-order valence-corrected chi connectivity index (χ1v) is 8.98. The lowest BCUT2D eigenvalue weighted by Gasteiger charge is -2.15. The molecule has 1 atom stereocenters. The summed E-state index contributed by atoms with van der Waals surface area (Å²) in [6, 6.07) is 3.83. The quantitative estimate of drug-likeness (QED) is 0.834. The maximum atomic E-state index is 12.5. The average Bonchev–Trinajstić information content (AvgIpc) is 2.92. The van der Waals surface area contributed by atoms with Crippen molar-refractivity contribution in [3.8, 4) is 6.01 Å². The first-order valence-electron chi connectivity index (χ1n) is 6.74. The second kappa shape index (κ2) is 7.04. The van der Waals surface area contributed by atoms with E-state index in [1.807, 2.05) is 6.92 Å². The van der Waals surface area contributed by atoms with Crippen molar-refractivity contribution >= 4 is 33.2 Å². The third-order valence-electron chi connectivity index (χ3n) is 3.16. The molecule has 0 fully saturated rings. The van der Waals surface area contributed by atoms with E-state index in [-0.39, 0.29) is 14.9 Å². The van der Waals surface area contributed by atoms with E-state index in [1.165, 1.54) is 25.3 Å². The van der Waals surface area contributed by atoms with Gasteiger partial charge in [-0.05, 0) is 32.0 Å². The summed E-state index contributed by atoms with van der Waals surface area (Å²) in [7, 11) is -2.31. The Morgan fingerprint density at radius 1 is 1.30 bits per heavy atom. The number of ether oxygens (including phenoxy) is 1. The van der Waals surface area contributed by atoms with Gasteiger partial charge in [0.05, 0.1) is 28.1 Å². The minimum atomic E-state index is -3.78. The molecule has 0 amide bonds. The lowest BCUT2D eigenvalue weighted by atomic mass is 10.3. The summed E-state index contributed by atoms with van der Waals surface area (Å²) >= 11 is 11.7. The Hall–Kier alpha value is -1.35. The maximum Gasteiger partial charge on any atom is 0.316 e. The van der Waals surface area contributed by atoms with Crippen LogP contribution in [0.1, 0.15) is 25.7 Å². The number of hydrogen-bond acceptors (Lipinski definition) is 5. The van der Waals surface area contributed by atoms with Crippen LogP contribution in [-0.2, 0) is 16.6 Å². The van der Waals surface area contributed by atoms with Gasteiger partial charge in [0.2, 0.25) is 10.0 Å². The second-order valence-electron chi connectivity index (χ2n) is 4.71. The van der Waals surface area contributed by atoms with Crippen molar-refractivity contribution in [2.24, 2.45) is 0 Å². The molecule has 23 heavy (non-hydrogen) atoms. The lowest BCUT2D eigenvalue weighted by molar-refractivity contribution is 0.354. The fourth-order valence-electron chi connectivity index (χ4n) is 2.07. The normalized spacial score (nSPS) is 13.1. The SMILES string of the molecule is CCn1c(OC)nnc1[C@@H](C)NS(=O)(=O)c1ccc(Cl)c(Cl)c1. The average molecular weight is 379 g/mol. The number of sulfonamides is 1. The van der Waals surface area contributed by atoms with E-state index in [1.54, 1.807) is 11.5 Å². The van der Waals surface area contributed by atoms with Crippen LogP contribution < -0.4 is 9.46 Å². The predicted molar refractivity (Wildman–Crippen MR) is 87.4 cm³/mol. The third kappa shape index (κ3) is 3.77. The van der Waals surface area contributed by atoms with Gasteiger partial charge in [-0.15, -0.1) is 5.10 Å². The van der Waals surface area contributed by atoms with Crippen molar-refractivity contribution in [3.05, 3.63) is 34.1 Å². The van der Waals surface area contributed by atoms with Gasteiger partial charge in [-0.1, -0.05) is 28.3 Å². The largest absolute Gasteiger partial charge is 0.467 e. The Bertz CT molecular complexity index is 808. The zero-order chi connectivity index (χ0) is 17.2. The van der Waals surface area contributed by atoms with Crippen LogP contribution in [-0.4, -0.2) is 30.3 Å². The Labute approximate surface area is 144 Å². The number of rotatable bonds is 6. The minimum Gasteiger partial charge on any atom is -0.467 e. The summed E-state index contributed by atoms with van der Waals surface area (Å²) in [4.78, 5) is 0.0216. The topological polar surface area (TPSA) is 86.1 Å². The molecule has 1 heterocycles. The van der Waals surface area contributed by atoms with E-state index in [0.717, 1.165) is 0 Å². The molecule has 126 valence electrons. The van der Waals surface area contributed by atoms with Crippen LogP contribution >= 0.6 is 23.2 Å². The van der Waals surface area contributed by atoms with Gasteiger partial charge in [-0.3, -0.25) is 4.57 Å². The molecular weight excluding hydrogens is 363 g/mol. The van der Waals surface area contributed by atoms with Crippen LogP contribution in [0, 0.1) is 0 Å². The fourth-order valence-corrected chi connectivity index (χ4v) is 3.66. The van der Waals surface area contributed by atoms with E-state index in [0.29, 0.717) is 18.4 Å². The summed E-state index contributed by atoms with van der Waals surface area (Å²) in [5.41, 5.74) is 0. The zero-order valence-corrected chi connectivity index (χ0v) is 15.1. The molecule has 0 aliphatic rings. The Kier molecular flexibility index (Phi) is 5.51. The number of hydrogen-bond donors (Lipinski definition) is 1. The van der Waals surface area contributed by atoms with Crippen molar-refractivity contribution in [2.45, 2.75) is 31.3 Å². The predicted octanol–water partition coefficient (Wildman–Crippen LogP) is 2.65. The van der Waals surface area contributed by atoms with Crippen molar-refractivity contribution in [1.29, 1.82) is 0 Å². The van der Waals surface area contributed by atoms with Crippen molar-refractivity contribution in [1.82, 2.24) is 19.5 Å². The molecule has 0 aliphatic carbocycles. The summed E-state index contributed by atoms with van der Waals surface area (Å²) in [6.45, 7) is 4.10. The summed E-state index contributed by atoms with van der Waals surface area (Å²) < 4.78 is 34.2. The van der Waals surface area contributed by atoms with E-state index >= 15 is 0 Å². The van der Waals surface area contributed by atoms with Gasteiger partial charge < -0.3 is 4.74 Å². The van der Waals surface area contributed by atoms with Crippen LogP contribution in [0.4, 0.5) is 0 Å². The van der Waals surface area contributed by atoms with Crippen LogP contribution in [0.15, 0.2) is 23.1 Å². The molecule has 2 rings (SSSR count). The molecule has 0 aliphatic heterocycles. The maximum absolute atomic E-state index is 12.5. The number of halogens is 2. The number of benzene rings is 1. The highest BCUT2D eigenvalue weighted by molar-refractivity contribution is 7.89. The van der Waals surface area contributed by atoms with Gasteiger partial charge in [0.25, 0.3) is 0 Å². The molecule has 0 bridgehead atoms. The van der Waals surface area contributed by atoms with E-state index < -0.39 is 16.1 Å². The van der Waals surface area contributed by atoms with Crippen LogP contribution in [0.25, 0.3) is 0 Å². The Balaban J connectivity index is 2.29. The number of nitrogens with one attached hydrogen (secondary N) is 1. The standard InChI is InChI=1S/C13H16Cl2N4O3S/c1-4-19-12(16-17-13(19)22-3)8(2)18-23(20,21)9-5-6-10(14)11(15)7-9/h5-8,18H,4H2,1-3H3/t8-/m1/s1. The molecular formula is C13H16Cl2N4O3S. The molecule has 0 saturated carbocycles. The molecule has 7 nitrogen and oxygen atoms in total. The zero-order valence-electron chi connectivity index (χ0n) is 12.7. The highest BCUT2D eigenvalue weighted by Gasteiger charge is 2.24. The number of nitrogens with zero attached hydrogens (tertiary/aromatic N) is 3. The van der Waals surface area contributed by atoms with Gasteiger partial charge in [0, 0.05) is 6.54 Å². The van der Waals surface area contributed by atoms with Crippen LogP contribution in [0.2, 0.25) is 10.0 Å². The van der Waals surface area contributed by atoms with Gasteiger partial charge in [-0.25, -0.2) is 13.1 Å². The summed E-state index contributed by atoms with van der Waals surface area (Å²) in [5.74, 6) is 0.452. The Morgan fingerprint density at radius 2 is 2.00 bits per heavy atom. The summed E-state index contributed by atoms with van der Waals surface area (Å²) in [5, 5.41) is 8.31. The second-order valence-corrected chi connectivity index (χ2v) is 7.24. The van der Waals surface area contributed by atoms with Crippen molar-refractivity contribution in [3.63, 3.8) is 0 Å². The molecule has 1 N–H and O–H groups in total. The fraction of sp³-hybridized carbons (Fsp3) is 0.385. The first-order chi connectivity index (χ1) is 10.8. The molecule has 10 heteroatoms. The molecule has 0 saturated heterocycles. The van der Waals surface area contributed by atoms with Crippen molar-refractivity contribution < 1.29 is 13.2 Å². The number of methoxy groups -OCH3 is 1. The molecule has 0 spiro atoms. The minimum absolute atomic E-state index is 0.0216. The lowest BCUT2D eigenvalue weighted by Crippen LogP contribution is -2.29. The molecule has 0 radical (unpaired) electrons. The number of aromatic nitrogens is 3. The van der Waals surface area contributed by atoms with Gasteiger partial charge >= 0.3 is 6.01 Å². The van der Waals surface area contributed by atoms with E-state index in [2.05, 4.69) is 14.9 Å². The summed E-state index contributed by atoms with van der Waals surface area (Å²) in [6.07, 6.45) is 0. The first kappa shape index (κ1) is 18.0. The third-order valence-corrected chi connectivity index (χ3v) is 5.44. The highest BCUT2D eigenvalue weighted by Crippen LogP contribution is 2.26. The van der Waals surface area contributed by atoms with Crippen molar-refractivity contribution in [2.75, 3.05) is 7.11 Å². The van der Waals surface area contributed by atoms with E-state index in [4.69, 9.17) is 27.9 Å². The molecule has 1 aromatic heterocycles. The monoisotopic (exact) mass is 378 g/mol. The van der Waals surface area contributed by atoms with Gasteiger partial charge in [-0.2, -0.15) is 0 Å². The van der Waals surface area contributed by atoms with E-state index in [9.17, 15) is 8.42 Å². The van der Waals surface area contributed by atoms with Crippen LogP contribution in [0.3, 0.4) is 0 Å². The van der Waals surface area contributed by atoms with Gasteiger partial charge in [0.1, 0.15) is 0 Å². The smallest absolute Gasteiger partial charge is 0.316 e. The van der Waals surface area contributed by atoms with Gasteiger partial charge in [0.15, 0.2) is 5.82 Å².